The molecule has 8 heteroatoms. The van der Waals surface area contributed by atoms with Crippen molar-refractivity contribution in [2.24, 2.45) is 0 Å². The largest absolute Gasteiger partial charge is 0.463 e. The second-order valence-corrected chi connectivity index (χ2v) is 6.47. The summed E-state index contributed by atoms with van der Waals surface area (Å²) in [5.41, 5.74) is 4.28. The third-order valence-corrected chi connectivity index (χ3v) is 3.88. The summed E-state index contributed by atoms with van der Waals surface area (Å²) in [6, 6.07) is 5.82. The Bertz CT molecular complexity index is 931. The Hall–Kier alpha value is -2.64. The number of alkyl halides is 3. The van der Waals surface area contributed by atoms with E-state index in [2.05, 4.69) is 15.0 Å². The van der Waals surface area contributed by atoms with Crippen LogP contribution in [0.1, 0.15) is 36.6 Å². The predicted octanol–water partition coefficient (Wildman–Crippen LogP) is 5.19. The van der Waals surface area contributed by atoms with E-state index in [0.29, 0.717) is 23.5 Å². The van der Waals surface area contributed by atoms with Crippen LogP contribution in [-0.4, -0.2) is 27.7 Å². The molecule has 0 aliphatic rings. The van der Waals surface area contributed by atoms with Gasteiger partial charge in [0.2, 0.25) is 5.89 Å². The summed E-state index contributed by atoms with van der Waals surface area (Å²) in [4.78, 5) is 12.8. The molecule has 5 nitrogen and oxygen atoms in total. The van der Waals surface area contributed by atoms with E-state index in [4.69, 9.17) is 9.15 Å². The van der Waals surface area contributed by atoms with Crippen LogP contribution < -0.4 is 4.74 Å². The third kappa shape index (κ3) is 4.75. The Morgan fingerprint density at radius 1 is 1.04 bits per heavy atom. The molecule has 0 radical (unpaired) electrons. The van der Waals surface area contributed by atoms with Crippen LogP contribution in [0, 0.1) is 13.8 Å². The van der Waals surface area contributed by atoms with Crippen molar-refractivity contribution in [2.75, 3.05) is 6.61 Å². The number of fused-ring (bicyclic) bond motifs is 1. The lowest BCUT2D eigenvalue weighted by Crippen LogP contribution is -2.14. The quantitative estimate of drug-likeness (QED) is 0.590. The number of nitrogens with zero attached hydrogens (tertiary/aromatic N) is 3. The van der Waals surface area contributed by atoms with E-state index >= 15 is 0 Å². The Balaban J connectivity index is 1.97. The first-order chi connectivity index (χ1) is 12.7. The fraction of sp³-hybridized carbons (Fsp3) is 0.421. The van der Waals surface area contributed by atoms with Gasteiger partial charge < -0.3 is 9.15 Å². The number of rotatable bonds is 6. The highest BCUT2D eigenvalue weighted by molar-refractivity contribution is 5.75. The Morgan fingerprint density at radius 2 is 1.74 bits per heavy atom. The molecule has 0 bridgehead atoms. The van der Waals surface area contributed by atoms with E-state index in [1.54, 1.807) is 0 Å². The molecular formula is C19H20F3N3O2. The molecule has 0 aliphatic carbocycles. The van der Waals surface area contributed by atoms with Gasteiger partial charge in [-0.15, -0.1) is 0 Å². The zero-order chi connectivity index (χ0) is 19.6. The van der Waals surface area contributed by atoms with Gasteiger partial charge in [0.05, 0.1) is 12.1 Å². The van der Waals surface area contributed by atoms with E-state index in [1.165, 1.54) is 0 Å². The van der Waals surface area contributed by atoms with Gasteiger partial charge in [-0.2, -0.15) is 23.1 Å². The van der Waals surface area contributed by atoms with Crippen molar-refractivity contribution in [3.05, 3.63) is 35.0 Å². The highest BCUT2D eigenvalue weighted by atomic mass is 19.4. The normalized spacial score (nSPS) is 11.9. The molecule has 0 unspecified atom stereocenters. The molecule has 27 heavy (non-hydrogen) atoms. The first-order valence-corrected chi connectivity index (χ1v) is 8.71. The summed E-state index contributed by atoms with van der Waals surface area (Å²) >= 11 is 0. The lowest BCUT2D eigenvalue weighted by atomic mass is 10.1. The standard InChI is InChI=1S/C19H20F3N3O2/c1-4-5-14-15-17(25-18(23-14)26-7-6-19(20,21)22)27-16(24-15)13-9-11(2)8-12(3)10-13/h8-10H,4-7H2,1-3H3. The van der Waals surface area contributed by atoms with Crippen LogP contribution in [0.25, 0.3) is 22.7 Å². The fourth-order valence-electron chi connectivity index (χ4n) is 2.81. The number of halogens is 3. The average Bonchev–Trinajstić information content (AvgIpc) is 2.97. The topological polar surface area (TPSA) is 61.0 Å². The molecule has 2 heterocycles. The fourth-order valence-corrected chi connectivity index (χ4v) is 2.81. The molecule has 1 aromatic carbocycles. The van der Waals surface area contributed by atoms with Crippen molar-refractivity contribution < 1.29 is 22.3 Å². The molecule has 0 saturated heterocycles. The third-order valence-electron chi connectivity index (χ3n) is 3.88. The Labute approximate surface area is 154 Å². The van der Waals surface area contributed by atoms with Crippen LogP contribution in [0.2, 0.25) is 0 Å². The average molecular weight is 379 g/mol. The van der Waals surface area contributed by atoms with E-state index < -0.39 is 19.2 Å². The molecule has 2 aromatic heterocycles. The summed E-state index contributed by atoms with van der Waals surface area (Å²) in [5.74, 6) is 0.399. The lowest BCUT2D eigenvalue weighted by molar-refractivity contribution is -0.139. The number of ether oxygens (including phenoxy) is 1. The molecular weight excluding hydrogens is 359 g/mol. The van der Waals surface area contributed by atoms with Crippen LogP contribution >= 0.6 is 0 Å². The number of benzene rings is 1. The molecule has 0 spiro atoms. The number of aromatic nitrogens is 3. The van der Waals surface area contributed by atoms with Crippen LogP contribution in [0.5, 0.6) is 6.01 Å². The van der Waals surface area contributed by atoms with Gasteiger partial charge in [-0.05, 0) is 32.4 Å². The van der Waals surface area contributed by atoms with Gasteiger partial charge in [0.15, 0.2) is 5.52 Å². The van der Waals surface area contributed by atoms with E-state index in [9.17, 15) is 13.2 Å². The van der Waals surface area contributed by atoms with Gasteiger partial charge >= 0.3 is 12.2 Å². The summed E-state index contributed by atoms with van der Waals surface area (Å²) < 4.78 is 47.8. The Kier molecular flexibility index (Phi) is 5.34. The highest BCUT2D eigenvalue weighted by Crippen LogP contribution is 2.28. The number of aryl methyl sites for hydroxylation is 3. The number of hydrogen-bond acceptors (Lipinski definition) is 5. The van der Waals surface area contributed by atoms with Crippen molar-refractivity contribution in [1.82, 2.24) is 15.0 Å². The summed E-state index contributed by atoms with van der Waals surface area (Å²) in [7, 11) is 0. The monoisotopic (exact) mass is 379 g/mol. The maximum absolute atomic E-state index is 12.3. The number of hydrogen-bond donors (Lipinski definition) is 0. The van der Waals surface area contributed by atoms with Crippen molar-refractivity contribution in [1.29, 1.82) is 0 Å². The van der Waals surface area contributed by atoms with Gasteiger partial charge in [0.25, 0.3) is 5.71 Å². The number of oxazole rings is 1. The minimum Gasteiger partial charge on any atom is -0.463 e. The summed E-state index contributed by atoms with van der Waals surface area (Å²) in [6.07, 6.45) is -3.98. The molecule has 0 fully saturated rings. The lowest BCUT2D eigenvalue weighted by Gasteiger charge is -2.08. The van der Waals surface area contributed by atoms with Crippen LogP contribution in [-0.2, 0) is 6.42 Å². The predicted molar refractivity (Wildman–Crippen MR) is 94.7 cm³/mol. The van der Waals surface area contributed by atoms with Gasteiger partial charge in [-0.1, -0.05) is 30.5 Å². The maximum atomic E-state index is 12.3. The van der Waals surface area contributed by atoms with Crippen molar-refractivity contribution in [2.45, 2.75) is 46.2 Å². The minimum absolute atomic E-state index is 0.127. The van der Waals surface area contributed by atoms with E-state index in [-0.39, 0.29) is 11.7 Å². The van der Waals surface area contributed by atoms with Crippen LogP contribution in [0.4, 0.5) is 13.2 Å². The van der Waals surface area contributed by atoms with E-state index in [1.807, 2.05) is 39.0 Å². The molecule has 0 saturated carbocycles. The molecule has 0 amide bonds. The second kappa shape index (κ2) is 7.54. The minimum atomic E-state index is -4.29. The zero-order valence-electron chi connectivity index (χ0n) is 15.4. The van der Waals surface area contributed by atoms with Gasteiger partial charge in [-0.3, -0.25) is 0 Å². The summed E-state index contributed by atoms with van der Waals surface area (Å²) in [5, 5.41) is 0. The Morgan fingerprint density at radius 3 is 2.37 bits per heavy atom. The van der Waals surface area contributed by atoms with E-state index in [0.717, 1.165) is 23.1 Å². The highest BCUT2D eigenvalue weighted by Gasteiger charge is 2.27. The molecule has 0 atom stereocenters. The zero-order valence-corrected chi connectivity index (χ0v) is 15.4. The van der Waals surface area contributed by atoms with Crippen LogP contribution in [0.15, 0.2) is 22.6 Å². The van der Waals surface area contributed by atoms with Crippen molar-refractivity contribution in [3.63, 3.8) is 0 Å². The SMILES string of the molecule is CCCc1nc(OCCC(F)(F)F)nc2oc(-c3cc(C)cc(C)c3)nc12. The van der Waals surface area contributed by atoms with Gasteiger partial charge in [0.1, 0.15) is 6.61 Å². The maximum Gasteiger partial charge on any atom is 0.392 e. The molecule has 0 N–H and O–H groups in total. The summed E-state index contributed by atoms with van der Waals surface area (Å²) in [6.45, 7) is 5.39. The molecule has 0 aliphatic heterocycles. The van der Waals surface area contributed by atoms with Crippen LogP contribution in [0.3, 0.4) is 0 Å². The first-order valence-electron chi connectivity index (χ1n) is 8.71. The molecule has 3 rings (SSSR count). The molecule has 3 aromatic rings. The van der Waals surface area contributed by atoms with Gasteiger partial charge in [-0.25, -0.2) is 4.98 Å². The van der Waals surface area contributed by atoms with Crippen molar-refractivity contribution in [3.8, 4) is 17.5 Å². The smallest absolute Gasteiger partial charge is 0.392 e. The molecule has 144 valence electrons. The first kappa shape index (κ1) is 19.1. The van der Waals surface area contributed by atoms with Crippen molar-refractivity contribution >= 4 is 11.2 Å². The second-order valence-electron chi connectivity index (χ2n) is 6.47. The van der Waals surface area contributed by atoms with Gasteiger partial charge in [0, 0.05) is 5.56 Å².